The second-order valence-corrected chi connectivity index (χ2v) is 10.7. The fraction of sp³-hybridized carbons (Fsp3) is 0.417. The van der Waals surface area contributed by atoms with Crippen LogP contribution in [-0.4, -0.2) is 69.8 Å². The Bertz CT molecular complexity index is 1040. The van der Waals surface area contributed by atoms with Crippen molar-refractivity contribution < 1.29 is 24.0 Å². The average Bonchev–Trinajstić information content (AvgIpc) is 2.87. The number of nitrogens with zero attached hydrogens (tertiary/aromatic N) is 2. The first-order valence-electron chi connectivity index (χ1n) is 11.5. The molecule has 1 unspecified atom stereocenters. The first kappa shape index (κ1) is 25.9. The van der Waals surface area contributed by atoms with E-state index in [0.717, 1.165) is 44.5 Å². The third-order valence-corrected chi connectivity index (χ3v) is 8.23. The summed E-state index contributed by atoms with van der Waals surface area (Å²) in [7, 11) is 0. The van der Waals surface area contributed by atoms with Crippen LogP contribution in [0.2, 0.25) is 10.0 Å². The molecule has 0 spiro atoms. The van der Waals surface area contributed by atoms with Gasteiger partial charge in [-0.15, -0.1) is 4.72 Å². The predicted molar refractivity (Wildman–Crippen MR) is 135 cm³/mol. The number of carboxylic acid groups (broad SMARTS) is 1. The highest BCUT2D eigenvalue weighted by Gasteiger charge is 2.31. The summed E-state index contributed by atoms with van der Waals surface area (Å²) in [6.45, 7) is 3.04. The molecule has 35 heavy (non-hydrogen) atoms. The van der Waals surface area contributed by atoms with E-state index in [1.807, 2.05) is 6.07 Å². The summed E-state index contributed by atoms with van der Waals surface area (Å²) in [5.41, 5.74) is 0.101. The van der Waals surface area contributed by atoms with Crippen LogP contribution in [0.4, 0.5) is 4.79 Å². The molecule has 0 aromatic heterocycles. The molecule has 2 aliphatic rings. The van der Waals surface area contributed by atoms with Crippen LogP contribution in [0.3, 0.4) is 0 Å². The lowest BCUT2D eigenvalue weighted by Gasteiger charge is -2.41. The summed E-state index contributed by atoms with van der Waals surface area (Å²) < 4.78 is 21.0. The largest absolute Gasteiger partial charge is 0.588 e. The molecular formula is C24H27Cl2N3O5S. The number of halogens is 2. The molecule has 2 fully saturated rings. The van der Waals surface area contributed by atoms with Crippen LogP contribution in [-0.2, 0) is 11.4 Å². The minimum Gasteiger partial charge on any atom is -0.588 e. The molecule has 188 valence electrons. The molecule has 0 bridgehead atoms. The van der Waals surface area contributed by atoms with Crippen LogP contribution < -0.4 is 9.46 Å². The Labute approximate surface area is 217 Å². The summed E-state index contributed by atoms with van der Waals surface area (Å²) in [5.74, 6) is -0.329. The zero-order valence-corrected chi connectivity index (χ0v) is 21.3. The van der Waals surface area contributed by atoms with Crippen molar-refractivity contribution in [1.29, 1.82) is 0 Å². The number of amides is 2. The van der Waals surface area contributed by atoms with E-state index in [9.17, 15) is 14.1 Å². The minimum absolute atomic E-state index is 0.101. The lowest BCUT2D eigenvalue weighted by Crippen LogP contribution is -2.52. The fourth-order valence-corrected chi connectivity index (χ4v) is 5.54. The van der Waals surface area contributed by atoms with Gasteiger partial charge in [0.15, 0.2) is 4.90 Å². The van der Waals surface area contributed by atoms with Crippen molar-refractivity contribution in [2.75, 3.05) is 26.2 Å². The van der Waals surface area contributed by atoms with Gasteiger partial charge in [0.25, 0.3) is 0 Å². The molecule has 2 N–H and O–H groups in total. The summed E-state index contributed by atoms with van der Waals surface area (Å²) >= 11 is 10.3. The number of carbonyl (C=O) groups excluding carboxylic acids is 1. The highest BCUT2D eigenvalue weighted by atomic mass is 35.5. The topological polar surface area (TPSA) is 105 Å². The number of nitrogens with one attached hydrogen (secondary N) is 1. The highest BCUT2D eigenvalue weighted by molar-refractivity contribution is 7.90. The number of hydrogen-bond donors (Lipinski definition) is 2. The Kier molecular flexibility index (Phi) is 8.67. The number of aromatic carboxylic acids is 1. The van der Waals surface area contributed by atoms with Crippen molar-refractivity contribution in [3.63, 3.8) is 0 Å². The Morgan fingerprint density at radius 2 is 1.63 bits per heavy atom. The standard InChI is InChI=1S/C24H27Cl2N3O5S/c25-21-6-3-19(15-22(21)26)34-18-9-13-28(14-10-18)17-7-11-29(12-8-17)24(32)27-35(33)20-4-1-16(2-5-20)23(30)31/h1-6,15,17-18H,7-14H2,(H,27,32)(H,30,31). The molecule has 11 heteroatoms. The second-order valence-electron chi connectivity index (χ2n) is 8.65. The summed E-state index contributed by atoms with van der Waals surface area (Å²) in [6, 6.07) is 11.0. The van der Waals surface area contributed by atoms with Crippen LogP contribution >= 0.6 is 23.2 Å². The number of piperidine rings is 2. The van der Waals surface area contributed by atoms with Crippen LogP contribution in [0.5, 0.6) is 5.75 Å². The fourth-order valence-electron chi connectivity index (χ4n) is 4.46. The molecule has 2 saturated heterocycles. The molecular weight excluding hydrogens is 513 g/mol. The molecule has 2 amide bonds. The second kappa shape index (κ2) is 11.7. The Morgan fingerprint density at radius 1 is 0.971 bits per heavy atom. The maximum absolute atomic E-state index is 12.6. The third kappa shape index (κ3) is 6.74. The quantitative estimate of drug-likeness (QED) is 0.526. The van der Waals surface area contributed by atoms with Crippen molar-refractivity contribution in [3.8, 4) is 5.75 Å². The van der Waals surface area contributed by atoms with E-state index in [1.54, 1.807) is 17.0 Å². The van der Waals surface area contributed by atoms with E-state index < -0.39 is 17.3 Å². The smallest absolute Gasteiger partial charge is 0.359 e. The molecule has 2 heterocycles. The molecule has 0 saturated carbocycles. The van der Waals surface area contributed by atoms with E-state index in [1.165, 1.54) is 24.3 Å². The van der Waals surface area contributed by atoms with Gasteiger partial charge in [-0.05, 0) is 62.1 Å². The van der Waals surface area contributed by atoms with E-state index in [2.05, 4.69) is 9.62 Å². The number of carboxylic acids is 1. The van der Waals surface area contributed by atoms with E-state index in [-0.39, 0.29) is 17.7 Å². The maximum Gasteiger partial charge on any atom is 0.359 e. The number of rotatable bonds is 6. The lowest BCUT2D eigenvalue weighted by molar-refractivity contribution is 0.0539. The first-order valence-corrected chi connectivity index (χ1v) is 13.4. The number of ether oxygens (including phenoxy) is 1. The maximum atomic E-state index is 12.6. The van der Waals surface area contributed by atoms with E-state index in [4.69, 9.17) is 33.0 Å². The highest BCUT2D eigenvalue weighted by Crippen LogP contribution is 2.29. The molecule has 1 atom stereocenters. The Hall–Kier alpha value is -2.17. The van der Waals surface area contributed by atoms with Gasteiger partial charge in [0, 0.05) is 38.3 Å². The van der Waals surface area contributed by atoms with Crippen LogP contribution in [0.15, 0.2) is 47.4 Å². The zero-order valence-electron chi connectivity index (χ0n) is 19.0. The first-order chi connectivity index (χ1) is 16.8. The van der Waals surface area contributed by atoms with Gasteiger partial charge in [-0.3, -0.25) is 4.90 Å². The monoisotopic (exact) mass is 539 g/mol. The average molecular weight is 540 g/mol. The molecule has 8 nitrogen and oxygen atoms in total. The predicted octanol–water partition coefficient (Wildman–Crippen LogP) is 4.43. The molecule has 0 radical (unpaired) electrons. The SMILES string of the molecule is O=C(O)c1ccc([S+]([O-])NC(=O)N2CCC(N3CCC(Oc4ccc(Cl)c(Cl)c4)CC3)CC2)cc1. The van der Waals surface area contributed by atoms with Gasteiger partial charge in [-0.25, -0.2) is 9.59 Å². The number of benzene rings is 2. The van der Waals surface area contributed by atoms with E-state index >= 15 is 0 Å². The molecule has 2 aromatic rings. The van der Waals surface area contributed by atoms with Crippen molar-refractivity contribution in [2.45, 2.75) is 42.7 Å². The molecule has 2 aliphatic heterocycles. The van der Waals surface area contributed by atoms with Gasteiger partial charge in [0.2, 0.25) is 0 Å². The van der Waals surface area contributed by atoms with Gasteiger partial charge in [-0.1, -0.05) is 23.2 Å². The third-order valence-electron chi connectivity index (χ3n) is 6.43. The van der Waals surface area contributed by atoms with Crippen LogP contribution in [0.25, 0.3) is 0 Å². The van der Waals surface area contributed by atoms with E-state index in [0.29, 0.717) is 34.1 Å². The van der Waals surface area contributed by atoms with Gasteiger partial charge in [0.05, 0.1) is 15.6 Å². The number of carbonyl (C=O) groups is 2. The summed E-state index contributed by atoms with van der Waals surface area (Å²) in [5, 5.41) is 9.96. The number of urea groups is 1. The van der Waals surface area contributed by atoms with Gasteiger partial charge >= 0.3 is 12.0 Å². The number of hydrogen-bond acceptors (Lipinski definition) is 5. The van der Waals surface area contributed by atoms with Crippen LogP contribution in [0.1, 0.15) is 36.0 Å². The number of likely N-dealkylation sites (tertiary alicyclic amines) is 2. The molecule has 2 aromatic carbocycles. The lowest BCUT2D eigenvalue weighted by atomic mass is 9.99. The molecule has 4 rings (SSSR count). The Balaban J connectivity index is 1.19. The van der Waals surface area contributed by atoms with Gasteiger partial charge < -0.3 is 19.3 Å². The van der Waals surface area contributed by atoms with Gasteiger partial charge in [0.1, 0.15) is 23.2 Å². The Morgan fingerprint density at radius 3 is 2.23 bits per heavy atom. The molecule has 0 aliphatic carbocycles. The van der Waals surface area contributed by atoms with Crippen molar-refractivity contribution in [1.82, 2.24) is 14.5 Å². The summed E-state index contributed by atoms with van der Waals surface area (Å²) in [4.78, 5) is 28.0. The summed E-state index contributed by atoms with van der Waals surface area (Å²) in [6.07, 6.45) is 3.67. The van der Waals surface area contributed by atoms with Gasteiger partial charge in [-0.2, -0.15) is 0 Å². The normalized spacial score (nSPS) is 18.8. The van der Waals surface area contributed by atoms with Crippen molar-refractivity contribution >= 4 is 46.6 Å². The zero-order chi connectivity index (χ0) is 24.9. The minimum atomic E-state index is -1.75. The van der Waals surface area contributed by atoms with Crippen molar-refractivity contribution in [2.24, 2.45) is 0 Å². The van der Waals surface area contributed by atoms with Crippen LogP contribution in [0, 0.1) is 0 Å². The van der Waals surface area contributed by atoms with Crippen molar-refractivity contribution in [3.05, 3.63) is 58.1 Å².